The van der Waals surface area contributed by atoms with Crippen molar-refractivity contribution in [3.63, 3.8) is 0 Å². The number of benzene rings is 2. The molecule has 0 saturated carbocycles. The van der Waals surface area contributed by atoms with Crippen molar-refractivity contribution in [2.75, 3.05) is 13.1 Å². The third-order valence-corrected chi connectivity index (χ3v) is 4.47. The van der Waals surface area contributed by atoms with E-state index < -0.39 is 0 Å². The molecule has 112 valence electrons. The number of aromatic nitrogens is 1. The van der Waals surface area contributed by atoms with Crippen molar-refractivity contribution < 1.29 is 4.42 Å². The third-order valence-electron chi connectivity index (χ3n) is 4.24. The Morgan fingerprint density at radius 3 is 2.91 bits per heavy atom. The van der Waals surface area contributed by atoms with E-state index in [1.807, 2.05) is 18.2 Å². The summed E-state index contributed by atoms with van der Waals surface area (Å²) < 4.78 is 5.91. The van der Waals surface area contributed by atoms with E-state index in [2.05, 4.69) is 40.2 Å². The van der Waals surface area contributed by atoms with Crippen molar-refractivity contribution in [2.24, 2.45) is 0 Å². The van der Waals surface area contributed by atoms with Crippen molar-refractivity contribution in [3.8, 4) is 0 Å². The number of hydrogen-bond donors (Lipinski definition) is 0. The van der Waals surface area contributed by atoms with Gasteiger partial charge in [0, 0.05) is 24.0 Å². The highest BCUT2D eigenvalue weighted by Crippen LogP contribution is 2.30. The van der Waals surface area contributed by atoms with E-state index in [-0.39, 0.29) is 0 Å². The van der Waals surface area contributed by atoms with E-state index in [1.54, 1.807) is 0 Å². The van der Waals surface area contributed by atoms with Gasteiger partial charge in [-0.05, 0) is 36.7 Å². The molecule has 2 heterocycles. The molecule has 0 bridgehead atoms. The van der Waals surface area contributed by atoms with E-state index in [0.717, 1.165) is 43.0 Å². The van der Waals surface area contributed by atoms with Crippen LogP contribution in [0.4, 0.5) is 0 Å². The van der Waals surface area contributed by atoms with Gasteiger partial charge in [0.05, 0.1) is 0 Å². The summed E-state index contributed by atoms with van der Waals surface area (Å²) in [4.78, 5) is 7.08. The summed E-state index contributed by atoms with van der Waals surface area (Å²) in [5, 5.41) is 0.699. The van der Waals surface area contributed by atoms with E-state index in [9.17, 15) is 0 Å². The predicted octanol–water partition coefficient (Wildman–Crippen LogP) is 4.47. The minimum absolute atomic E-state index is 0.370. The monoisotopic (exact) mass is 312 g/mol. The summed E-state index contributed by atoms with van der Waals surface area (Å²) in [5.41, 5.74) is 3.03. The van der Waals surface area contributed by atoms with Gasteiger partial charge >= 0.3 is 0 Å². The Balaban J connectivity index is 1.49. The van der Waals surface area contributed by atoms with Gasteiger partial charge in [-0.1, -0.05) is 41.9 Å². The first kappa shape index (κ1) is 13.8. The number of nitrogens with zero attached hydrogens (tertiary/aromatic N) is 2. The summed E-state index contributed by atoms with van der Waals surface area (Å²) in [5.74, 6) is 1.21. The largest absolute Gasteiger partial charge is 0.440 e. The van der Waals surface area contributed by atoms with Crippen LogP contribution in [0.2, 0.25) is 5.02 Å². The van der Waals surface area contributed by atoms with E-state index in [1.165, 1.54) is 5.56 Å². The standard InChI is InChI=1S/C18H17ClN2O/c19-15-6-7-17-16(10-15)20-18(22-17)14-8-9-21(12-14)11-13-4-2-1-3-5-13/h1-7,10,14H,8-9,11-12H2. The second-order valence-electron chi connectivity index (χ2n) is 5.87. The van der Waals surface area contributed by atoms with E-state index in [0.29, 0.717) is 10.9 Å². The topological polar surface area (TPSA) is 29.3 Å². The number of oxazole rings is 1. The summed E-state index contributed by atoms with van der Waals surface area (Å²) in [6, 6.07) is 16.2. The van der Waals surface area contributed by atoms with Crippen LogP contribution in [0.25, 0.3) is 11.1 Å². The molecule has 0 aliphatic carbocycles. The lowest BCUT2D eigenvalue weighted by Crippen LogP contribution is -2.19. The molecule has 0 spiro atoms. The predicted molar refractivity (Wildman–Crippen MR) is 88.1 cm³/mol. The Hall–Kier alpha value is -1.84. The Labute approximate surface area is 134 Å². The quantitative estimate of drug-likeness (QED) is 0.714. The first-order chi connectivity index (χ1) is 10.8. The van der Waals surface area contributed by atoms with Crippen molar-refractivity contribution in [2.45, 2.75) is 18.9 Å². The Kier molecular flexibility index (Phi) is 3.60. The molecule has 1 aromatic heterocycles. The first-order valence-corrected chi connectivity index (χ1v) is 7.98. The summed E-state index contributed by atoms with van der Waals surface area (Å²) in [6.07, 6.45) is 1.09. The zero-order valence-corrected chi connectivity index (χ0v) is 13.0. The van der Waals surface area contributed by atoms with Crippen LogP contribution >= 0.6 is 11.6 Å². The second kappa shape index (κ2) is 5.75. The molecule has 3 aromatic rings. The molecule has 1 aliphatic rings. The molecule has 1 fully saturated rings. The average Bonchev–Trinajstić information content (AvgIpc) is 3.14. The number of likely N-dealkylation sites (tertiary alicyclic amines) is 1. The molecule has 1 atom stereocenters. The van der Waals surface area contributed by atoms with Crippen LogP contribution in [0, 0.1) is 0 Å². The lowest BCUT2D eigenvalue weighted by atomic mass is 10.1. The van der Waals surface area contributed by atoms with Crippen molar-refractivity contribution in [1.29, 1.82) is 0 Å². The molecule has 0 amide bonds. The minimum Gasteiger partial charge on any atom is -0.440 e. The van der Waals surface area contributed by atoms with Gasteiger partial charge in [0.25, 0.3) is 0 Å². The molecule has 0 radical (unpaired) electrons. The molecule has 22 heavy (non-hydrogen) atoms. The Bertz CT molecular complexity index is 784. The lowest BCUT2D eigenvalue weighted by Gasteiger charge is -2.15. The van der Waals surface area contributed by atoms with E-state index >= 15 is 0 Å². The molecule has 0 N–H and O–H groups in total. The molecule has 4 heteroatoms. The van der Waals surface area contributed by atoms with Gasteiger partial charge in [0.15, 0.2) is 11.5 Å². The third kappa shape index (κ3) is 2.74. The Morgan fingerprint density at radius 2 is 2.05 bits per heavy atom. The second-order valence-corrected chi connectivity index (χ2v) is 6.31. The maximum atomic E-state index is 6.01. The fourth-order valence-corrected chi connectivity index (χ4v) is 3.28. The van der Waals surface area contributed by atoms with E-state index in [4.69, 9.17) is 16.0 Å². The number of fused-ring (bicyclic) bond motifs is 1. The normalized spacial score (nSPS) is 19.0. The van der Waals surface area contributed by atoms with Crippen LogP contribution in [0.3, 0.4) is 0 Å². The highest BCUT2D eigenvalue weighted by atomic mass is 35.5. The van der Waals surface area contributed by atoms with Gasteiger partial charge in [-0.3, -0.25) is 4.90 Å². The zero-order chi connectivity index (χ0) is 14.9. The zero-order valence-electron chi connectivity index (χ0n) is 12.2. The van der Waals surface area contributed by atoms with Crippen LogP contribution in [-0.4, -0.2) is 23.0 Å². The molecule has 1 unspecified atom stereocenters. The first-order valence-electron chi connectivity index (χ1n) is 7.60. The highest BCUT2D eigenvalue weighted by molar-refractivity contribution is 6.31. The summed E-state index contributed by atoms with van der Waals surface area (Å²) >= 11 is 6.01. The number of halogens is 1. The average molecular weight is 313 g/mol. The van der Waals surface area contributed by atoms with Crippen LogP contribution < -0.4 is 0 Å². The van der Waals surface area contributed by atoms with Crippen molar-refractivity contribution in [3.05, 3.63) is 65.0 Å². The van der Waals surface area contributed by atoms with Gasteiger partial charge in [0.2, 0.25) is 0 Å². The van der Waals surface area contributed by atoms with Crippen LogP contribution in [0.5, 0.6) is 0 Å². The minimum atomic E-state index is 0.370. The molecule has 2 aromatic carbocycles. The SMILES string of the molecule is Clc1ccc2oc(C3CCN(Cc4ccccc4)C3)nc2c1. The summed E-state index contributed by atoms with van der Waals surface area (Å²) in [6.45, 7) is 3.07. The molecule has 1 aliphatic heterocycles. The fraction of sp³-hybridized carbons (Fsp3) is 0.278. The van der Waals surface area contributed by atoms with Gasteiger partial charge in [-0.25, -0.2) is 4.98 Å². The van der Waals surface area contributed by atoms with Gasteiger partial charge in [-0.15, -0.1) is 0 Å². The molecule has 4 rings (SSSR count). The molecular formula is C18H17ClN2O. The van der Waals surface area contributed by atoms with Crippen molar-refractivity contribution in [1.82, 2.24) is 9.88 Å². The number of hydrogen-bond acceptors (Lipinski definition) is 3. The number of rotatable bonds is 3. The van der Waals surface area contributed by atoms with Crippen molar-refractivity contribution >= 4 is 22.7 Å². The van der Waals surface area contributed by atoms with Gasteiger partial charge in [0.1, 0.15) is 5.52 Å². The molecule has 3 nitrogen and oxygen atoms in total. The molecular weight excluding hydrogens is 296 g/mol. The maximum absolute atomic E-state index is 6.01. The summed E-state index contributed by atoms with van der Waals surface area (Å²) in [7, 11) is 0. The molecule has 1 saturated heterocycles. The van der Waals surface area contributed by atoms with Crippen LogP contribution in [-0.2, 0) is 6.54 Å². The maximum Gasteiger partial charge on any atom is 0.199 e. The Morgan fingerprint density at radius 1 is 1.18 bits per heavy atom. The fourth-order valence-electron chi connectivity index (χ4n) is 3.11. The van der Waals surface area contributed by atoms with Crippen LogP contribution in [0.1, 0.15) is 23.8 Å². The smallest absolute Gasteiger partial charge is 0.199 e. The van der Waals surface area contributed by atoms with Gasteiger partial charge in [-0.2, -0.15) is 0 Å². The lowest BCUT2D eigenvalue weighted by molar-refractivity contribution is 0.321. The highest BCUT2D eigenvalue weighted by Gasteiger charge is 2.27. The van der Waals surface area contributed by atoms with Crippen LogP contribution in [0.15, 0.2) is 52.9 Å². The van der Waals surface area contributed by atoms with Gasteiger partial charge < -0.3 is 4.42 Å².